The molecule has 0 aliphatic carbocycles. The van der Waals surface area contributed by atoms with Gasteiger partial charge in [-0.25, -0.2) is 9.18 Å². The zero-order chi connectivity index (χ0) is 15.5. The van der Waals surface area contributed by atoms with Gasteiger partial charge in [-0.05, 0) is 34.5 Å². The van der Waals surface area contributed by atoms with Crippen molar-refractivity contribution in [2.45, 2.75) is 38.5 Å². The molecule has 3 nitrogen and oxygen atoms in total. The van der Waals surface area contributed by atoms with Crippen LogP contribution in [-0.4, -0.2) is 16.2 Å². The summed E-state index contributed by atoms with van der Waals surface area (Å²) in [6.07, 6.45) is 1.62. The van der Waals surface area contributed by atoms with Crippen molar-refractivity contribution in [3.63, 3.8) is 0 Å². The SMILES string of the molecule is CCCC(C)(C)C(=O)Sc1cc(C(=O)O)c(F)cc1Br. The molecule has 0 unspecified atom stereocenters. The molecule has 0 aromatic heterocycles. The Morgan fingerprint density at radius 3 is 2.50 bits per heavy atom. The molecule has 1 aromatic carbocycles. The van der Waals surface area contributed by atoms with Crippen molar-refractivity contribution in [2.75, 3.05) is 0 Å². The number of aromatic carboxylic acids is 1. The van der Waals surface area contributed by atoms with Crippen molar-refractivity contribution in [3.05, 3.63) is 28.0 Å². The molecule has 0 saturated heterocycles. The summed E-state index contributed by atoms with van der Waals surface area (Å²) in [5.74, 6) is -2.17. The van der Waals surface area contributed by atoms with Crippen LogP contribution in [0.4, 0.5) is 4.39 Å². The molecular formula is C14H16BrFO3S. The Morgan fingerprint density at radius 1 is 1.40 bits per heavy atom. The number of thioether (sulfide) groups is 1. The Morgan fingerprint density at radius 2 is 2.00 bits per heavy atom. The van der Waals surface area contributed by atoms with Gasteiger partial charge in [-0.1, -0.05) is 39.0 Å². The maximum Gasteiger partial charge on any atom is 0.338 e. The molecule has 6 heteroatoms. The highest BCUT2D eigenvalue weighted by Crippen LogP contribution is 2.37. The van der Waals surface area contributed by atoms with Crippen LogP contribution in [0.2, 0.25) is 0 Å². The number of carboxylic acids is 1. The first kappa shape index (κ1) is 17.2. The van der Waals surface area contributed by atoms with Gasteiger partial charge in [0.05, 0.1) is 5.56 Å². The van der Waals surface area contributed by atoms with Crippen LogP contribution in [0.15, 0.2) is 21.5 Å². The van der Waals surface area contributed by atoms with E-state index in [4.69, 9.17) is 5.11 Å². The van der Waals surface area contributed by atoms with Gasteiger partial charge in [-0.15, -0.1) is 0 Å². The minimum atomic E-state index is -1.35. The number of carbonyl (C=O) groups excluding carboxylic acids is 1. The fraction of sp³-hybridized carbons (Fsp3) is 0.429. The van der Waals surface area contributed by atoms with E-state index in [1.807, 2.05) is 20.8 Å². The highest BCUT2D eigenvalue weighted by atomic mass is 79.9. The summed E-state index contributed by atoms with van der Waals surface area (Å²) >= 11 is 4.10. The highest BCUT2D eigenvalue weighted by Gasteiger charge is 2.28. The molecule has 0 spiro atoms. The lowest BCUT2D eigenvalue weighted by atomic mass is 9.90. The predicted octanol–water partition coefficient (Wildman–Crippen LogP) is 4.73. The topological polar surface area (TPSA) is 54.4 Å². The van der Waals surface area contributed by atoms with E-state index in [9.17, 15) is 14.0 Å². The van der Waals surface area contributed by atoms with E-state index in [0.717, 1.165) is 30.7 Å². The number of hydrogen-bond donors (Lipinski definition) is 1. The zero-order valence-electron chi connectivity index (χ0n) is 11.5. The largest absolute Gasteiger partial charge is 0.478 e. The zero-order valence-corrected chi connectivity index (χ0v) is 13.9. The Hall–Kier alpha value is -0.880. The Balaban J connectivity index is 3.07. The van der Waals surface area contributed by atoms with Gasteiger partial charge >= 0.3 is 5.97 Å². The second-order valence-corrected chi connectivity index (χ2v) is 6.96. The summed E-state index contributed by atoms with van der Waals surface area (Å²) < 4.78 is 13.8. The van der Waals surface area contributed by atoms with Gasteiger partial charge < -0.3 is 5.11 Å². The molecule has 20 heavy (non-hydrogen) atoms. The van der Waals surface area contributed by atoms with Crippen LogP contribution >= 0.6 is 27.7 Å². The molecule has 0 bridgehead atoms. The van der Waals surface area contributed by atoms with E-state index < -0.39 is 22.8 Å². The lowest BCUT2D eigenvalue weighted by Crippen LogP contribution is -2.21. The average molecular weight is 363 g/mol. The van der Waals surface area contributed by atoms with Crippen LogP contribution in [0.1, 0.15) is 44.0 Å². The maximum absolute atomic E-state index is 13.5. The molecule has 0 atom stereocenters. The Bertz CT molecular complexity index is 543. The number of hydrogen-bond acceptors (Lipinski definition) is 3. The second kappa shape index (κ2) is 6.72. The minimum Gasteiger partial charge on any atom is -0.478 e. The molecular weight excluding hydrogens is 347 g/mol. The van der Waals surface area contributed by atoms with Crippen LogP contribution in [0.3, 0.4) is 0 Å². The summed E-state index contributed by atoms with van der Waals surface area (Å²) in [4.78, 5) is 23.6. The standard InChI is InChI=1S/C14H16BrFO3S/c1-4-5-14(2,3)13(19)20-11-6-8(12(17)18)10(16)7-9(11)15/h6-7H,4-5H2,1-3H3,(H,17,18). The minimum absolute atomic E-state index is 0.0667. The predicted molar refractivity (Wildman–Crippen MR) is 80.6 cm³/mol. The lowest BCUT2D eigenvalue weighted by molar-refractivity contribution is -0.118. The molecule has 0 amide bonds. The van der Waals surface area contributed by atoms with Crippen LogP contribution in [0.25, 0.3) is 0 Å². The highest BCUT2D eigenvalue weighted by molar-refractivity contribution is 9.10. The third kappa shape index (κ3) is 4.06. The molecule has 0 aliphatic heterocycles. The van der Waals surface area contributed by atoms with Gasteiger partial charge in [0.1, 0.15) is 5.82 Å². The van der Waals surface area contributed by atoms with Gasteiger partial charge in [0.2, 0.25) is 0 Å². The van der Waals surface area contributed by atoms with Gasteiger partial charge in [-0.2, -0.15) is 0 Å². The van der Waals surface area contributed by atoms with E-state index in [1.165, 1.54) is 6.07 Å². The lowest BCUT2D eigenvalue weighted by Gasteiger charge is -2.21. The molecule has 0 radical (unpaired) electrons. The van der Waals surface area contributed by atoms with Crippen molar-refractivity contribution < 1.29 is 19.1 Å². The molecule has 1 rings (SSSR count). The summed E-state index contributed by atoms with van der Waals surface area (Å²) in [7, 11) is 0. The quantitative estimate of drug-likeness (QED) is 0.769. The molecule has 0 fully saturated rings. The summed E-state index contributed by atoms with van der Waals surface area (Å²) in [6.45, 7) is 5.69. The molecule has 1 aromatic rings. The van der Waals surface area contributed by atoms with E-state index in [-0.39, 0.29) is 5.12 Å². The van der Waals surface area contributed by atoms with E-state index >= 15 is 0 Å². The summed E-state index contributed by atoms with van der Waals surface area (Å²) in [5, 5.41) is 8.84. The summed E-state index contributed by atoms with van der Waals surface area (Å²) in [5.41, 5.74) is -0.937. The molecule has 0 saturated carbocycles. The first-order chi connectivity index (χ1) is 9.19. The molecule has 0 aliphatic rings. The fourth-order valence-electron chi connectivity index (χ4n) is 1.74. The van der Waals surface area contributed by atoms with Gasteiger partial charge in [0.15, 0.2) is 5.12 Å². The first-order valence-electron chi connectivity index (χ1n) is 6.13. The fourth-order valence-corrected chi connectivity index (χ4v) is 3.21. The molecule has 110 valence electrons. The van der Waals surface area contributed by atoms with Crippen LogP contribution < -0.4 is 0 Å². The van der Waals surface area contributed by atoms with Crippen molar-refractivity contribution in [1.29, 1.82) is 0 Å². The van der Waals surface area contributed by atoms with Crippen LogP contribution in [0.5, 0.6) is 0 Å². The van der Waals surface area contributed by atoms with E-state index in [1.54, 1.807) is 0 Å². The number of rotatable bonds is 5. The number of carboxylic acid groups (broad SMARTS) is 1. The van der Waals surface area contributed by atoms with Gasteiger partial charge in [0, 0.05) is 14.8 Å². The number of benzene rings is 1. The van der Waals surface area contributed by atoms with Crippen LogP contribution in [-0.2, 0) is 4.79 Å². The van der Waals surface area contributed by atoms with Crippen molar-refractivity contribution in [3.8, 4) is 0 Å². The van der Waals surface area contributed by atoms with Crippen molar-refractivity contribution in [2.24, 2.45) is 5.41 Å². The average Bonchev–Trinajstić information content (AvgIpc) is 2.31. The van der Waals surface area contributed by atoms with E-state index in [2.05, 4.69) is 15.9 Å². The first-order valence-corrected chi connectivity index (χ1v) is 7.74. The second-order valence-electron chi connectivity index (χ2n) is 5.09. The number of halogens is 2. The Labute approximate surface area is 130 Å². The van der Waals surface area contributed by atoms with Crippen molar-refractivity contribution in [1.82, 2.24) is 0 Å². The van der Waals surface area contributed by atoms with Crippen molar-refractivity contribution >= 4 is 38.8 Å². The maximum atomic E-state index is 13.5. The van der Waals surface area contributed by atoms with Gasteiger partial charge in [0.25, 0.3) is 0 Å². The van der Waals surface area contributed by atoms with Gasteiger partial charge in [-0.3, -0.25) is 4.79 Å². The summed E-state index contributed by atoms with van der Waals surface area (Å²) in [6, 6.07) is 2.26. The number of carbonyl (C=O) groups is 2. The smallest absolute Gasteiger partial charge is 0.338 e. The third-order valence-electron chi connectivity index (χ3n) is 2.88. The Kier molecular flexibility index (Phi) is 5.77. The van der Waals surface area contributed by atoms with E-state index in [0.29, 0.717) is 9.37 Å². The molecule has 0 heterocycles. The third-order valence-corrected chi connectivity index (χ3v) is 5.10. The van der Waals surface area contributed by atoms with Crippen LogP contribution in [0, 0.1) is 11.2 Å². The normalized spacial score (nSPS) is 11.4. The molecule has 1 N–H and O–H groups in total. The monoisotopic (exact) mass is 362 g/mol.